The molecule has 0 saturated carbocycles. The highest BCUT2D eigenvalue weighted by atomic mass is 19.1. The zero-order valence-corrected chi connectivity index (χ0v) is 15.5. The van der Waals surface area contributed by atoms with Gasteiger partial charge in [0.25, 0.3) is 0 Å². The molecule has 1 aliphatic heterocycles. The Morgan fingerprint density at radius 1 is 0.966 bits per heavy atom. The van der Waals surface area contributed by atoms with E-state index in [0.717, 1.165) is 5.69 Å². The Balaban J connectivity index is 1.33. The van der Waals surface area contributed by atoms with Gasteiger partial charge < -0.3 is 15.1 Å². The number of nitrogens with zero attached hydrogens (tertiary/aromatic N) is 5. The number of anilines is 2. The van der Waals surface area contributed by atoms with E-state index in [4.69, 9.17) is 0 Å². The van der Waals surface area contributed by atoms with E-state index in [-0.39, 0.29) is 5.82 Å². The lowest BCUT2D eigenvalue weighted by Crippen LogP contribution is -2.51. The van der Waals surface area contributed by atoms with Gasteiger partial charge in [-0.25, -0.2) is 14.1 Å². The number of para-hydroxylation sites is 1. The largest absolute Gasteiger partial charge is 0.366 e. The summed E-state index contributed by atoms with van der Waals surface area (Å²) < 4.78 is 15.5. The van der Waals surface area contributed by atoms with Crippen LogP contribution in [0.2, 0.25) is 0 Å². The van der Waals surface area contributed by atoms with Crippen LogP contribution in [0.4, 0.5) is 15.8 Å². The van der Waals surface area contributed by atoms with E-state index in [1.807, 2.05) is 4.90 Å². The number of carbonyl (C=O) groups excluding carboxylic acids is 2. The van der Waals surface area contributed by atoms with E-state index in [9.17, 15) is 14.0 Å². The number of hydrogen-bond acceptors (Lipinski definition) is 5. The maximum Gasteiger partial charge on any atom is 0.313 e. The van der Waals surface area contributed by atoms with Crippen molar-refractivity contribution < 1.29 is 14.0 Å². The molecule has 2 amide bonds. The Morgan fingerprint density at radius 2 is 1.69 bits per heavy atom. The first-order chi connectivity index (χ1) is 14.1. The van der Waals surface area contributed by atoms with Crippen molar-refractivity contribution in [1.82, 2.24) is 19.7 Å². The Morgan fingerprint density at radius 3 is 2.34 bits per heavy atom. The molecule has 0 aliphatic carbocycles. The van der Waals surface area contributed by atoms with Crippen LogP contribution in [0.5, 0.6) is 0 Å². The first-order valence-electron chi connectivity index (χ1n) is 9.16. The Kier molecular flexibility index (Phi) is 5.19. The number of halogens is 1. The number of nitrogens with one attached hydrogen (secondary N) is 1. The van der Waals surface area contributed by atoms with E-state index in [0.29, 0.717) is 37.6 Å². The maximum absolute atomic E-state index is 13.9. The summed E-state index contributed by atoms with van der Waals surface area (Å²) in [6.07, 6.45) is 3.00. The Labute approximate surface area is 166 Å². The number of hydrogen-bond donors (Lipinski definition) is 1. The summed E-state index contributed by atoms with van der Waals surface area (Å²) in [6.45, 7) is 1.64. The van der Waals surface area contributed by atoms with Crippen LogP contribution >= 0.6 is 0 Å². The summed E-state index contributed by atoms with van der Waals surface area (Å²) >= 11 is 0. The summed E-state index contributed by atoms with van der Waals surface area (Å²) in [5.41, 5.74) is 1.81. The van der Waals surface area contributed by atoms with Gasteiger partial charge in [0.1, 0.15) is 18.5 Å². The summed E-state index contributed by atoms with van der Waals surface area (Å²) in [5, 5.41) is 6.64. The fourth-order valence-corrected chi connectivity index (χ4v) is 3.23. The standard InChI is InChI=1S/C20H19FN6O2/c21-17-3-1-2-4-18(17)25-9-11-26(12-10-25)20(29)19(28)24-15-5-7-16(8-6-15)27-14-22-13-23-27/h1-8,13-14H,9-12H2,(H,24,28). The molecule has 148 valence electrons. The molecule has 0 radical (unpaired) electrons. The smallest absolute Gasteiger partial charge is 0.313 e. The molecule has 4 rings (SSSR count). The van der Waals surface area contributed by atoms with Gasteiger partial charge in [-0.05, 0) is 36.4 Å². The van der Waals surface area contributed by atoms with Crippen molar-refractivity contribution in [2.75, 3.05) is 36.4 Å². The molecule has 1 fully saturated rings. The van der Waals surface area contributed by atoms with Crippen molar-refractivity contribution in [1.29, 1.82) is 0 Å². The zero-order valence-electron chi connectivity index (χ0n) is 15.5. The van der Waals surface area contributed by atoms with Gasteiger partial charge in [-0.15, -0.1) is 0 Å². The molecular weight excluding hydrogens is 375 g/mol. The third kappa shape index (κ3) is 4.08. The predicted octanol–water partition coefficient (Wildman–Crippen LogP) is 1.69. The second-order valence-corrected chi connectivity index (χ2v) is 6.57. The highest BCUT2D eigenvalue weighted by Crippen LogP contribution is 2.20. The fraction of sp³-hybridized carbons (Fsp3) is 0.200. The predicted molar refractivity (Wildman–Crippen MR) is 105 cm³/mol. The van der Waals surface area contributed by atoms with Gasteiger partial charge in [-0.3, -0.25) is 9.59 Å². The van der Waals surface area contributed by atoms with Crippen LogP contribution in [-0.2, 0) is 9.59 Å². The molecule has 0 spiro atoms. The van der Waals surface area contributed by atoms with E-state index < -0.39 is 11.8 Å². The maximum atomic E-state index is 13.9. The summed E-state index contributed by atoms with van der Waals surface area (Å²) in [4.78, 5) is 32.0. The van der Waals surface area contributed by atoms with Crippen LogP contribution in [0.25, 0.3) is 5.69 Å². The number of aromatic nitrogens is 3. The first kappa shape index (κ1) is 18.6. The normalized spacial score (nSPS) is 14.0. The molecule has 29 heavy (non-hydrogen) atoms. The molecule has 1 aliphatic rings. The highest BCUT2D eigenvalue weighted by molar-refractivity contribution is 6.39. The second kappa shape index (κ2) is 8.09. The lowest BCUT2D eigenvalue weighted by molar-refractivity contribution is -0.143. The van der Waals surface area contributed by atoms with Crippen molar-refractivity contribution >= 4 is 23.2 Å². The molecule has 9 heteroatoms. The monoisotopic (exact) mass is 394 g/mol. The molecule has 2 heterocycles. The van der Waals surface area contributed by atoms with Gasteiger partial charge in [0.05, 0.1) is 11.4 Å². The third-order valence-corrected chi connectivity index (χ3v) is 4.76. The highest BCUT2D eigenvalue weighted by Gasteiger charge is 2.27. The zero-order chi connectivity index (χ0) is 20.2. The number of piperazine rings is 1. The van der Waals surface area contributed by atoms with Crippen LogP contribution < -0.4 is 10.2 Å². The minimum atomic E-state index is -0.696. The summed E-state index contributed by atoms with van der Waals surface area (Å²) in [7, 11) is 0. The third-order valence-electron chi connectivity index (χ3n) is 4.76. The average Bonchev–Trinajstić information content (AvgIpc) is 3.29. The van der Waals surface area contributed by atoms with Crippen molar-refractivity contribution in [2.45, 2.75) is 0 Å². The molecule has 1 N–H and O–H groups in total. The number of benzene rings is 2. The van der Waals surface area contributed by atoms with Crippen LogP contribution in [-0.4, -0.2) is 57.7 Å². The van der Waals surface area contributed by atoms with Crippen LogP contribution in [0.1, 0.15) is 0 Å². The Bertz CT molecular complexity index is 998. The van der Waals surface area contributed by atoms with Gasteiger partial charge >= 0.3 is 11.8 Å². The number of amides is 2. The lowest BCUT2D eigenvalue weighted by atomic mass is 10.2. The van der Waals surface area contributed by atoms with E-state index in [2.05, 4.69) is 15.4 Å². The van der Waals surface area contributed by atoms with Crippen molar-refractivity contribution in [3.8, 4) is 5.69 Å². The van der Waals surface area contributed by atoms with Gasteiger partial charge in [-0.2, -0.15) is 5.10 Å². The second-order valence-electron chi connectivity index (χ2n) is 6.57. The molecule has 0 atom stereocenters. The lowest BCUT2D eigenvalue weighted by Gasteiger charge is -2.35. The van der Waals surface area contributed by atoms with Crippen LogP contribution in [0, 0.1) is 5.82 Å². The van der Waals surface area contributed by atoms with Gasteiger partial charge in [0.2, 0.25) is 0 Å². The fourth-order valence-electron chi connectivity index (χ4n) is 3.23. The van der Waals surface area contributed by atoms with Crippen LogP contribution in [0.15, 0.2) is 61.2 Å². The summed E-state index contributed by atoms with van der Waals surface area (Å²) in [6, 6.07) is 13.5. The molecule has 1 aromatic heterocycles. The van der Waals surface area contributed by atoms with E-state index in [1.54, 1.807) is 53.5 Å². The number of carbonyl (C=O) groups is 2. The molecule has 0 unspecified atom stereocenters. The van der Waals surface area contributed by atoms with Crippen LogP contribution in [0.3, 0.4) is 0 Å². The van der Waals surface area contributed by atoms with Gasteiger partial charge in [-0.1, -0.05) is 12.1 Å². The SMILES string of the molecule is O=C(Nc1ccc(-n2cncn2)cc1)C(=O)N1CCN(c2ccccc2F)CC1. The molecule has 8 nitrogen and oxygen atoms in total. The van der Waals surface area contributed by atoms with Crippen molar-refractivity contribution in [3.63, 3.8) is 0 Å². The Hall–Kier alpha value is -3.75. The molecule has 1 saturated heterocycles. The summed E-state index contributed by atoms with van der Waals surface area (Å²) in [5.74, 6) is -1.59. The van der Waals surface area contributed by atoms with E-state index in [1.165, 1.54) is 17.3 Å². The minimum absolute atomic E-state index is 0.292. The van der Waals surface area contributed by atoms with E-state index >= 15 is 0 Å². The van der Waals surface area contributed by atoms with Crippen molar-refractivity contribution in [2.24, 2.45) is 0 Å². The molecule has 2 aromatic carbocycles. The topological polar surface area (TPSA) is 83.4 Å². The quantitative estimate of drug-likeness (QED) is 0.684. The first-order valence-corrected chi connectivity index (χ1v) is 9.16. The molecular formula is C20H19FN6O2. The van der Waals surface area contributed by atoms with Crippen molar-refractivity contribution in [3.05, 3.63) is 67.0 Å². The molecule has 0 bridgehead atoms. The number of rotatable bonds is 3. The van der Waals surface area contributed by atoms with Gasteiger partial charge in [0, 0.05) is 31.9 Å². The molecule has 3 aromatic rings. The van der Waals surface area contributed by atoms with Gasteiger partial charge in [0.15, 0.2) is 0 Å². The average molecular weight is 394 g/mol. The minimum Gasteiger partial charge on any atom is -0.366 e.